The second kappa shape index (κ2) is 10.2. The lowest BCUT2D eigenvalue weighted by molar-refractivity contribution is -0.141. The van der Waals surface area contributed by atoms with Crippen molar-refractivity contribution in [2.75, 3.05) is 13.7 Å². The number of carbonyl (C=O) groups excluding carboxylic acids is 2. The Balaban J connectivity index is 1.88. The summed E-state index contributed by atoms with van der Waals surface area (Å²) in [6, 6.07) is 11.3. The average Bonchev–Trinajstić information content (AvgIpc) is 3.09. The van der Waals surface area contributed by atoms with Crippen molar-refractivity contribution in [2.24, 2.45) is 4.99 Å². The quantitative estimate of drug-likeness (QED) is 0.394. The smallest absolute Gasteiger partial charge is 0.325 e. The van der Waals surface area contributed by atoms with Gasteiger partial charge in [-0.15, -0.1) is 0 Å². The second-order valence-electron chi connectivity index (χ2n) is 6.63. The number of halogens is 1. The Morgan fingerprint density at radius 1 is 1.13 bits per heavy atom. The molecule has 0 radical (unpaired) electrons. The van der Waals surface area contributed by atoms with Crippen molar-refractivity contribution in [3.8, 4) is 5.75 Å². The van der Waals surface area contributed by atoms with Crippen LogP contribution in [0.25, 0.3) is 10.2 Å². The zero-order chi connectivity index (χ0) is 21.5. The van der Waals surface area contributed by atoms with Crippen molar-refractivity contribution < 1.29 is 23.5 Å². The van der Waals surface area contributed by atoms with Crippen molar-refractivity contribution in [3.05, 3.63) is 58.6 Å². The van der Waals surface area contributed by atoms with Crippen LogP contribution < -0.4 is 9.54 Å². The molecule has 0 saturated heterocycles. The highest BCUT2D eigenvalue weighted by Crippen LogP contribution is 2.21. The van der Waals surface area contributed by atoms with Crippen LogP contribution in [0.1, 0.15) is 36.5 Å². The van der Waals surface area contributed by atoms with Crippen LogP contribution in [0.3, 0.4) is 0 Å². The van der Waals surface area contributed by atoms with Gasteiger partial charge in [-0.05, 0) is 42.8 Å². The number of esters is 1. The third-order valence-electron chi connectivity index (χ3n) is 4.48. The van der Waals surface area contributed by atoms with Gasteiger partial charge in [-0.2, -0.15) is 4.99 Å². The molecule has 0 saturated carbocycles. The molecule has 0 spiro atoms. The molecule has 0 aliphatic rings. The third-order valence-corrected chi connectivity index (χ3v) is 5.53. The number of thiazole rings is 1. The first-order chi connectivity index (χ1) is 14.5. The van der Waals surface area contributed by atoms with Crippen molar-refractivity contribution in [1.29, 1.82) is 0 Å². The predicted octanol–water partition coefficient (Wildman–Crippen LogP) is 4.33. The number of aromatic nitrogens is 1. The van der Waals surface area contributed by atoms with Gasteiger partial charge in [0.1, 0.15) is 18.1 Å². The van der Waals surface area contributed by atoms with E-state index in [9.17, 15) is 14.0 Å². The molecule has 0 aliphatic heterocycles. The first-order valence-electron chi connectivity index (χ1n) is 9.70. The third kappa shape index (κ3) is 5.13. The number of para-hydroxylation sites is 1. The van der Waals surface area contributed by atoms with E-state index < -0.39 is 17.7 Å². The molecule has 0 atom stereocenters. The molecule has 8 heteroatoms. The lowest BCUT2D eigenvalue weighted by Gasteiger charge is -2.06. The van der Waals surface area contributed by atoms with Crippen LogP contribution in [-0.4, -0.2) is 30.2 Å². The van der Waals surface area contributed by atoms with Gasteiger partial charge in [0.05, 0.1) is 23.9 Å². The van der Waals surface area contributed by atoms with E-state index in [2.05, 4.69) is 11.9 Å². The van der Waals surface area contributed by atoms with E-state index in [-0.39, 0.29) is 16.9 Å². The first kappa shape index (κ1) is 21.7. The molecular formula is C22H23FN2O4S. The zero-order valence-electron chi connectivity index (χ0n) is 16.9. The maximum atomic E-state index is 14.4. The van der Waals surface area contributed by atoms with E-state index in [4.69, 9.17) is 9.47 Å². The first-order valence-corrected chi connectivity index (χ1v) is 10.5. The van der Waals surface area contributed by atoms with Crippen LogP contribution in [0.4, 0.5) is 4.39 Å². The molecule has 2 aromatic carbocycles. The lowest BCUT2D eigenvalue weighted by Crippen LogP contribution is -2.22. The summed E-state index contributed by atoms with van der Waals surface area (Å²) in [6.45, 7) is 2.52. The van der Waals surface area contributed by atoms with Crippen LogP contribution in [0.5, 0.6) is 5.75 Å². The molecule has 0 fully saturated rings. The summed E-state index contributed by atoms with van der Waals surface area (Å²) in [5.74, 6) is -0.854. The van der Waals surface area contributed by atoms with E-state index in [1.165, 1.54) is 17.7 Å². The summed E-state index contributed by atoms with van der Waals surface area (Å²) in [5, 5.41) is 0. The zero-order valence-corrected chi connectivity index (χ0v) is 17.7. The Labute approximate surface area is 177 Å². The standard InChI is InChI=1S/C22H23FN2O4S/c1-3-4-5-13-29-16-11-9-15(10-12-16)21(27)24-22-25(14-19(26)28-2)20-17(23)7-6-8-18(20)30-22/h6-12H,3-5,13-14H2,1-2H3. The molecule has 30 heavy (non-hydrogen) atoms. The summed E-state index contributed by atoms with van der Waals surface area (Å²) in [7, 11) is 1.25. The molecule has 3 aromatic rings. The average molecular weight is 431 g/mol. The number of nitrogens with zero attached hydrogens (tertiary/aromatic N) is 2. The molecule has 6 nitrogen and oxygen atoms in total. The van der Waals surface area contributed by atoms with Crippen molar-refractivity contribution in [3.63, 3.8) is 0 Å². The van der Waals surface area contributed by atoms with Crippen molar-refractivity contribution in [2.45, 2.75) is 32.7 Å². The van der Waals surface area contributed by atoms with E-state index in [0.29, 0.717) is 22.6 Å². The van der Waals surface area contributed by atoms with Crippen molar-refractivity contribution in [1.82, 2.24) is 4.57 Å². The number of benzene rings is 2. The minimum atomic E-state index is -0.559. The summed E-state index contributed by atoms with van der Waals surface area (Å²) >= 11 is 1.14. The molecule has 0 bridgehead atoms. The molecule has 0 aliphatic carbocycles. The number of hydrogen-bond donors (Lipinski definition) is 0. The number of fused-ring (bicyclic) bond motifs is 1. The minimum absolute atomic E-state index is 0.218. The van der Waals surface area contributed by atoms with Crippen LogP contribution in [0, 0.1) is 5.82 Å². The Morgan fingerprint density at radius 2 is 1.90 bits per heavy atom. The number of methoxy groups -OCH3 is 1. The Bertz CT molecular complexity index is 1100. The minimum Gasteiger partial charge on any atom is -0.494 e. The summed E-state index contributed by atoms with van der Waals surface area (Å²) < 4.78 is 26.7. The topological polar surface area (TPSA) is 69.9 Å². The van der Waals surface area contributed by atoms with E-state index >= 15 is 0 Å². The van der Waals surface area contributed by atoms with Crippen LogP contribution in [0.2, 0.25) is 0 Å². The normalized spacial score (nSPS) is 11.6. The second-order valence-corrected chi connectivity index (χ2v) is 7.64. The maximum absolute atomic E-state index is 14.4. The van der Waals surface area contributed by atoms with Gasteiger partial charge in [-0.1, -0.05) is 37.2 Å². The lowest BCUT2D eigenvalue weighted by atomic mass is 10.2. The van der Waals surface area contributed by atoms with Crippen LogP contribution in [-0.2, 0) is 16.1 Å². The van der Waals surface area contributed by atoms with Gasteiger partial charge in [-0.3, -0.25) is 9.59 Å². The molecule has 3 rings (SSSR count). The monoisotopic (exact) mass is 430 g/mol. The number of rotatable bonds is 8. The molecule has 1 amide bonds. The highest BCUT2D eigenvalue weighted by atomic mass is 32.1. The Kier molecular flexibility index (Phi) is 7.35. The van der Waals surface area contributed by atoms with Crippen LogP contribution in [0.15, 0.2) is 47.5 Å². The van der Waals surface area contributed by atoms with E-state index in [0.717, 1.165) is 30.6 Å². The Morgan fingerprint density at radius 3 is 2.60 bits per heavy atom. The number of ether oxygens (including phenoxy) is 2. The number of carbonyl (C=O) groups is 2. The summed E-state index contributed by atoms with van der Waals surface area (Å²) in [4.78, 5) is 28.8. The number of unbranched alkanes of at least 4 members (excludes halogenated alkanes) is 2. The molecule has 1 heterocycles. The van der Waals surface area contributed by atoms with Gasteiger partial charge in [0.2, 0.25) is 0 Å². The van der Waals surface area contributed by atoms with E-state index in [1.807, 2.05) is 0 Å². The summed E-state index contributed by atoms with van der Waals surface area (Å²) in [6.07, 6.45) is 3.21. The SMILES string of the molecule is CCCCCOc1ccc(C(=O)N=c2sc3cccc(F)c3n2CC(=O)OC)cc1. The fourth-order valence-corrected chi connectivity index (χ4v) is 3.94. The predicted molar refractivity (Wildman–Crippen MR) is 113 cm³/mol. The molecule has 0 N–H and O–H groups in total. The molecule has 0 unspecified atom stereocenters. The van der Waals surface area contributed by atoms with Gasteiger partial charge in [0.25, 0.3) is 5.91 Å². The Hall–Kier alpha value is -3.00. The van der Waals surface area contributed by atoms with Crippen molar-refractivity contribution >= 4 is 33.4 Å². The number of hydrogen-bond acceptors (Lipinski definition) is 5. The van der Waals surface area contributed by atoms with Gasteiger partial charge in [0.15, 0.2) is 4.80 Å². The highest BCUT2D eigenvalue weighted by Gasteiger charge is 2.15. The number of amides is 1. The largest absolute Gasteiger partial charge is 0.494 e. The summed E-state index contributed by atoms with van der Waals surface area (Å²) in [5.41, 5.74) is 0.591. The fraction of sp³-hybridized carbons (Fsp3) is 0.318. The molecule has 158 valence electrons. The van der Waals surface area contributed by atoms with E-state index in [1.54, 1.807) is 36.4 Å². The maximum Gasteiger partial charge on any atom is 0.325 e. The fourth-order valence-electron chi connectivity index (χ4n) is 2.90. The van der Waals surface area contributed by atoms with Crippen LogP contribution >= 0.6 is 11.3 Å². The van der Waals surface area contributed by atoms with Gasteiger partial charge >= 0.3 is 5.97 Å². The highest BCUT2D eigenvalue weighted by molar-refractivity contribution is 7.16. The van der Waals surface area contributed by atoms with Gasteiger partial charge in [0, 0.05) is 5.56 Å². The molecule has 1 aromatic heterocycles. The molecular weight excluding hydrogens is 407 g/mol. The van der Waals surface area contributed by atoms with Gasteiger partial charge in [-0.25, -0.2) is 4.39 Å². The van der Waals surface area contributed by atoms with Gasteiger partial charge < -0.3 is 14.0 Å².